The van der Waals surface area contributed by atoms with Crippen molar-refractivity contribution < 1.29 is 14.3 Å². The molecule has 0 unspecified atom stereocenters. The Morgan fingerprint density at radius 1 is 1.21 bits per heavy atom. The summed E-state index contributed by atoms with van der Waals surface area (Å²) < 4.78 is 12.6. The van der Waals surface area contributed by atoms with Gasteiger partial charge in [-0.2, -0.15) is 5.26 Å². The van der Waals surface area contributed by atoms with Gasteiger partial charge in [0.05, 0.1) is 0 Å². The van der Waals surface area contributed by atoms with Gasteiger partial charge < -0.3 is 9.47 Å². The summed E-state index contributed by atoms with van der Waals surface area (Å²) in [5.74, 6) is 0.749. The van der Waals surface area contributed by atoms with Crippen LogP contribution in [0, 0.1) is 11.3 Å². The molecule has 1 amide bonds. The van der Waals surface area contributed by atoms with E-state index in [1.165, 1.54) is 17.4 Å². The number of aryl methyl sites for hydroxylation is 1. The molecular weight excluding hydrogens is 516 g/mol. The van der Waals surface area contributed by atoms with Crippen LogP contribution in [0.2, 0.25) is 0 Å². The van der Waals surface area contributed by atoms with E-state index in [4.69, 9.17) is 9.47 Å². The molecule has 174 valence electrons. The lowest BCUT2D eigenvalue weighted by molar-refractivity contribution is -0.112. The molecule has 0 aliphatic heterocycles. The molecule has 0 fully saturated rings. The van der Waals surface area contributed by atoms with Gasteiger partial charge in [0.15, 0.2) is 0 Å². The Morgan fingerprint density at radius 2 is 1.97 bits per heavy atom. The lowest BCUT2D eigenvalue weighted by Gasteiger charge is -2.13. The molecule has 9 heteroatoms. The van der Waals surface area contributed by atoms with E-state index >= 15 is 0 Å². The molecular formula is C25H23BrN4O3S. The van der Waals surface area contributed by atoms with Crippen LogP contribution in [0.15, 0.2) is 65.2 Å². The van der Waals surface area contributed by atoms with Crippen LogP contribution < -0.4 is 14.8 Å². The number of rotatable bonds is 11. The Balaban J connectivity index is 1.68. The van der Waals surface area contributed by atoms with Crippen LogP contribution in [-0.2, 0) is 17.6 Å². The molecule has 0 bridgehead atoms. The summed E-state index contributed by atoms with van der Waals surface area (Å²) in [6, 6.07) is 15.1. The number of benzene rings is 2. The zero-order chi connectivity index (χ0) is 24.3. The van der Waals surface area contributed by atoms with Crippen molar-refractivity contribution in [2.75, 3.05) is 18.5 Å². The SMILES string of the molecule is C=CCc1ccccc1OCCOc1ccc(Br)cc1/C=C(/C#N)C(=O)Nc1nnc(CC)s1. The van der Waals surface area contributed by atoms with Crippen molar-refractivity contribution in [2.24, 2.45) is 0 Å². The number of nitriles is 1. The van der Waals surface area contributed by atoms with Crippen molar-refractivity contribution in [2.45, 2.75) is 19.8 Å². The van der Waals surface area contributed by atoms with E-state index in [1.54, 1.807) is 12.1 Å². The number of aromatic nitrogens is 2. The molecule has 0 radical (unpaired) electrons. The zero-order valence-corrected chi connectivity index (χ0v) is 21.0. The number of carbonyl (C=O) groups is 1. The van der Waals surface area contributed by atoms with Crippen molar-refractivity contribution in [3.05, 3.63) is 81.3 Å². The Hall–Kier alpha value is -3.48. The van der Waals surface area contributed by atoms with E-state index in [-0.39, 0.29) is 12.2 Å². The Kier molecular flexibility index (Phi) is 9.38. The number of anilines is 1. The largest absolute Gasteiger partial charge is 0.490 e. The van der Waals surface area contributed by atoms with Crippen LogP contribution >= 0.6 is 27.3 Å². The van der Waals surface area contributed by atoms with Gasteiger partial charge in [-0.15, -0.1) is 16.8 Å². The monoisotopic (exact) mass is 538 g/mol. The highest BCUT2D eigenvalue weighted by atomic mass is 79.9. The average Bonchev–Trinajstić information content (AvgIpc) is 3.29. The Morgan fingerprint density at radius 3 is 2.68 bits per heavy atom. The van der Waals surface area contributed by atoms with Crippen molar-refractivity contribution >= 4 is 44.4 Å². The van der Waals surface area contributed by atoms with E-state index in [1.807, 2.05) is 49.4 Å². The number of nitrogens with one attached hydrogen (secondary N) is 1. The van der Waals surface area contributed by atoms with Crippen LogP contribution in [0.3, 0.4) is 0 Å². The second kappa shape index (κ2) is 12.7. The predicted molar refractivity (Wildman–Crippen MR) is 137 cm³/mol. The quantitative estimate of drug-likeness (QED) is 0.148. The van der Waals surface area contributed by atoms with Gasteiger partial charge in [0.2, 0.25) is 5.13 Å². The van der Waals surface area contributed by atoms with Crippen LogP contribution in [-0.4, -0.2) is 29.3 Å². The molecule has 1 aromatic heterocycles. The smallest absolute Gasteiger partial charge is 0.268 e. The van der Waals surface area contributed by atoms with Crippen molar-refractivity contribution in [1.82, 2.24) is 10.2 Å². The summed E-state index contributed by atoms with van der Waals surface area (Å²) in [6.45, 7) is 6.34. The molecule has 0 saturated heterocycles. The van der Waals surface area contributed by atoms with Gasteiger partial charge in [-0.05, 0) is 48.7 Å². The summed E-state index contributed by atoms with van der Waals surface area (Å²) in [7, 11) is 0. The minimum atomic E-state index is -0.561. The Labute approximate surface area is 210 Å². The van der Waals surface area contributed by atoms with E-state index in [2.05, 4.69) is 38.0 Å². The second-order valence-electron chi connectivity index (χ2n) is 6.96. The van der Waals surface area contributed by atoms with Gasteiger partial charge in [0.25, 0.3) is 5.91 Å². The van der Waals surface area contributed by atoms with Gasteiger partial charge in [0.1, 0.15) is 41.4 Å². The summed E-state index contributed by atoms with van der Waals surface area (Å²) in [5.41, 5.74) is 1.56. The van der Waals surface area contributed by atoms with E-state index < -0.39 is 5.91 Å². The summed E-state index contributed by atoms with van der Waals surface area (Å²) >= 11 is 4.70. The fraction of sp³-hybridized carbons (Fsp3) is 0.200. The normalized spacial score (nSPS) is 10.9. The molecule has 3 aromatic rings. The third kappa shape index (κ3) is 7.01. The highest BCUT2D eigenvalue weighted by Gasteiger charge is 2.14. The van der Waals surface area contributed by atoms with Crippen molar-refractivity contribution in [3.8, 4) is 17.6 Å². The lowest BCUT2D eigenvalue weighted by atomic mass is 10.1. The number of halogens is 1. The summed E-state index contributed by atoms with van der Waals surface area (Å²) in [5, 5.41) is 21.2. The van der Waals surface area contributed by atoms with E-state index in [9.17, 15) is 10.1 Å². The standard InChI is InChI=1S/C25H23BrN4O3S/c1-3-7-17-8-5-6-9-21(17)32-12-13-33-22-11-10-20(26)15-18(22)14-19(16-27)24(31)28-25-30-29-23(4-2)34-25/h3,5-6,8-11,14-15H,1,4,7,12-13H2,2H3,(H,28,30,31)/b19-14-. The lowest BCUT2D eigenvalue weighted by Crippen LogP contribution is -2.13. The van der Waals surface area contributed by atoms with Crippen LogP contribution in [0.25, 0.3) is 6.08 Å². The first kappa shape index (κ1) is 25.1. The van der Waals surface area contributed by atoms with Crippen LogP contribution in [0.1, 0.15) is 23.1 Å². The number of hydrogen-bond donors (Lipinski definition) is 1. The molecule has 0 saturated carbocycles. The number of para-hydroxylation sites is 1. The molecule has 3 rings (SSSR count). The number of nitrogens with zero attached hydrogens (tertiary/aromatic N) is 3. The van der Waals surface area contributed by atoms with Gasteiger partial charge in [-0.3, -0.25) is 10.1 Å². The molecule has 0 aliphatic rings. The molecule has 0 atom stereocenters. The van der Waals surface area contributed by atoms with Crippen molar-refractivity contribution in [1.29, 1.82) is 5.26 Å². The minimum absolute atomic E-state index is 0.0780. The molecule has 2 aromatic carbocycles. The van der Waals surface area contributed by atoms with E-state index in [0.717, 1.165) is 27.2 Å². The zero-order valence-electron chi connectivity index (χ0n) is 18.6. The van der Waals surface area contributed by atoms with Gasteiger partial charge in [-0.25, -0.2) is 0 Å². The minimum Gasteiger partial charge on any atom is -0.490 e. The van der Waals surface area contributed by atoms with Gasteiger partial charge >= 0.3 is 0 Å². The maximum absolute atomic E-state index is 12.6. The molecule has 34 heavy (non-hydrogen) atoms. The summed E-state index contributed by atoms with van der Waals surface area (Å²) in [6.07, 6.45) is 4.75. The molecule has 0 spiro atoms. The number of hydrogen-bond acceptors (Lipinski definition) is 7. The number of amides is 1. The average molecular weight is 539 g/mol. The molecule has 1 N–H and O–H groups in total. The third-order valence-corrected chi connectivity index (χ3v) is 6.04. The van der Waals surface area contributed by atoms with Gasteiger partial charge in [0, 0.05) is 10.0 Å². The topological polar surface area (TPSA) is 97.1 Å². The number of allylic oxidation sites excluding steroid dienone is 1. The predicted octanol–water partition coefficient (Wildman–Crippen LogP) is 5.59. The number of carbonyl (C=O) groups excluding carboxylic acids is 1. The highest BCUT2D eigenvalue weighted by molar-refractivity contribution is 9.10. The fourth-order valence-electron chi connectivity index (χ4n) is 2.95. The third-order valence-electron chi connectivity index (χ3n) is 4.56. The first-order chi connectivity index (χ1) is 16.5. The molecule has 1 heterocycles. The molecule has 7 nitrogen and oxygen atoms in total. The highest BCUT2D eigenvalue weighted by Crippen LogP contribution is 2.26. The van der Waals surface area contributed by atoms with Crippen LogP contribution in [0.4, 0.5) is 5.13 Å². The Bertz CT molecular complexity index is 1230. The van der Waals surface area contributed by atoms with Crippen molar-refractivity contribution in [3.63, 3.8) is 0 Å². The van der Waals surface area contributed by atoms with Crippen LogP contribution in [0.5, 0.6) is 11.5 Å². The second-order valence-corrected chi connectivity index (χ2v) is 8.94. The first-order valence-electron chi connectivity index (χ1n) is 10.5. The van der Waals surface area contributed by atoms with Gasteiger partial charge in [-0.1, -0.05) is 58.5 Å². The first-order valence-corrected chi connectivity index (χ1v) is 12.1. The fourth-order valence-corrected chi connectivity index (χ4v) is 4.00. The molecule has 0 aliphatic carbocycles. The maximum Gasteiger partial charge on any atom is 0.268 e. The maximum atomic E-state index is 12.6. The number of ether oxygens (including phenoxy) is 2. The van der Waals surface area contributed by atoms with E-state index in [0.29, 0.717) is 29.5 Å². The summed E-state index contributed by atoms with van der Waals surface area (Å²) in [4.78, 5) is 12.6.